The number of esters is 1. The van der Waals surface area contributed by atoms with Crippen molar-refractivity contribution in [1.29, 1.82) is 0 Å². The van der Waals surface area contributed by atoms with Gasteiger partial charge in [-0.15, -0.1) is 0 Å². The minimum Gasteiger partial charge on any atom is -0.451 e. The second-order valence-electron chi connectivity index (χ2n) is 6.39. The molecule has 0 N–H and O–H groups in total. The maximum absolute atomic E-state index is 12.4. The van der Waals surface area contributed by atoms with Crippen LogP contribution < -0.4 is 4.31 Å². The van der Waals surface area contributed by atoms with E-state index in [2.05, 4.69) is 15.1 Å². The molecule has 0 saturated carbocycles. The molecular weight excluding hydrogens is 396 g/mol. The number of hydrogen-bond acceptors (Lipinski definition) is 8. The number of carbonyl (C=O) groups is 1. The summed E-state index contributed by atoms with van der Waals surface area (Å²) in [6.07, 6.45) is 3.39. The molecule has 1 atom stereocenters. The van der Waals surface area contributed by atoms with E-state index >= 15 is 0 Å². The summed E-state index contributed by atoms with van der Waals surface area (Å²) in [5, 5.41) is 3.85. The van der Waals surface area contributed by atoms with Crippen molar-refractivity contribution in [2.24, 2.45) is 0 Å². The standard InChI is InChI=1S/C19H20N4O5S/c1-13-7-4-5-9-16(13)23(29(3,25)26)12-17(24)27-14(2)19-21-18(22-28-19)15-8-6-10-20-11-15/h4-11,14H,12H2,1-3H3. The Labute approximate surface area is 168 Å². The Kier molecular flexibility index (Phi) is 5.92. The van der Waals surface area contributed by atoms with Crippen LogP contribution in [0, 0.1) is 6.92 Å². The topological polar surface area (TPSA) is 115 Å². The Balaban J connectivity index is 1.72. The third kappa shape index (κ3) is 4.96. The number of aryl methyl sites for hydroxylation is 1. The van der Waals surface area contributed by atoms with Crippen LogP contribution in [-0.2, 0) is 19.6 Å². The Morgan fingerprint density at radius 2 is 2.00 bits per heavy atom. The molecule has 0 amide bonds. The number of aromatic nitrogens is 3. The summed E-state index contributed by atoms with van der Waals surface area (Å²) < 4.78 is 35.9. The molecule has 1 unspecified atom stereocenters. The monoisotopic (exact) mass is 416 g/mol. The third-order valence-electron chi connectivity index (χ3n) is 4.07. The first kappa shape index (κ1) is 20.5. The van der Waals surface area contributed by atoms with Crippen molar-refractivity contribution in [3.8, 4) is 11.4 Å². The van der Waals surface area contributed by atoms with Gasteiger partial charge >= 0.3 is 5.97 Å². The number of pyridine rings is 1. The molecule has 0 aliphatic carbocycles. The predicted octanol–water partition coefficient (Wildman–Crippen LogP) is 2.51. The van der Waals surface area contributed by atoms with Gasteiger partial charge in [-0.2, -0.15) is 4.98 Å². The smallest absolute Gasteiger partial charge is 0.327 e. The molecule has 152 valence electrons. The first-order chi connectivity index (χ1) is 13.8. The summed E-state index contributed by atoms with van der Waals surface area (Å²) in [6.45, 7) is 2.86. The zero-order chi connectivity index (χ0) is 21.0. The van der Waals surface area contributed by atoms with Crippen molar-refractivity contribution < 1.29 is 22.5 Å². The largest absolute Gasteiger partial charge is 0.451 e. The van der Waals surface area contributed by atoms with Crippen molar-refractivity contribution >= 4 is 21.7 Å². The van der Waals surface area contributed by atoms with Crippen molar-refractivity contribution in [2.45, 2.75) is 20.0 Å². The number of sulfonamides is 1. The molecule has 3 aromatic rings. The molecule has 0 spiro atoms. The average molecular weight is 416 g/mol. The van der Waals surface area contributed by atoms with Gasteiger partial charge in [-0.3, -0.25) is 14.1 Å². The average Bonchev–Trinajstić information content (AvgIpc) is 3.17. The van der Waals surface area contributed by atoms with Crippen molar-refractivity contribution in [3.63, 3.8) is 0 Å². The normalized spacial score (nSPS) is 12.4. The van der Waals surface area contributed by atoms with Gasteiger partial charge in [0.15, 0.2) is 6.10 Å². The van der Waals surface area contributed by atoms with Crippen LogP contribution in [0.4, 0.5) is 5.69 Å². The van der Waals surface area contributed by atoms with E-state index in [1.165, 1.54) is 0 Å². The summed E-state index contributed by atoms with van der Waals surface area (Å²) in [7, 11) is -3.69. The van der Waals surface area contributed by atoms with Crippen LogP contribution in [0.1, 0.15) is 24.5 Å². The van der Waals surface area contributed by atoms with Crippen molar-refractivity contribution in [1.82, 2.24) is 15.1 Å². The lowest BCUT2D eigenvalue weighted by Crippen LogP contribution is -2.36. The summed E-state index contributed by atoms with van der Waals surface area (Å²) >= 11 is 0. The summed E-state index contributed by atoms with van der Waals surface area (Å²) in [5.74, 6) is -0.333. The first-order valence-electron chi connectivity index (χ1n) is 8.72. The van der Waals surface area contributed by atoms with E-state index in [0.29, 0.717) is 17.1 Å². The van der Waals surface area contributed by atoms with Crippen LogP contribution in [0.25, 0.3) is 11.4 Å². The van der Waals surface area contributed by atoms with Crippen LogP contribution >= 0.6 is 0 Å². The number of nitrogens with zero attached hydrogens (tertiary/aromatic N) is 4. The number of carbonyl (C=O) groups excluding carboxylic acids is 1. The van der Waals surface area contributed by atoms with Gasteiger partial charge in [0.1, 0.15) is 6.54 Å². The van der Waals surface area contributed by atoms with E-state index < -0.39 is 28.6 Å². The van der Waals surface area contributed by atoms with E-state index in [1.807, 2.05) is 0 Å². The SMILES string of the molecule is Cc1ccccc1N(CC(=O)OC(C)c1nc(-c2cccnc2)no1)S(C)(=O)=O. The zero-order valence-electron chi connectivity index (χ0n) is 16.1. The summed E-state index contributed by atoms with van der Waals surface area (Å²) in [5.41, 5.74) is 1.79. The Hall–Kier alpha value is -3.27. The van der Waals surface area contributed by atoms with Gasteiger partial charge in [-0.25, -0.2) is 8.42 Å². The van der Waals surface area contributed by atoms with Crippen molar-refractivity contribution in [3.05, 3.63) is 60.2 Å². The number of anilines is 1. The van der Waals surface area contributed by atoms with Crippen LogP contribution in [0.2, 0.25) is 0 Å². The van der Waals surface area contributed by atoms with Gasteiger partial charge in [0.05, 0.1) is 11.9 Å². The first-order valence-corrected chi connectivity index (χ1v) is 10.6. The lowest BCUT2D eigenvalue weighted by atomic mass is 10.2. The molecule has 3 rings (SSSR count). The van der Waals surface area contributed by atoms with E-state index in [4.69, 9.17) is 9.26 Å². The highest BCUT2D eigenvalue weighted by Gasteiger charge is 2.25. The van der Waals surface area contributed by atoms with Crippen LogP contribution in [0.15, 0.2) is 53.3 Å². The van der Waals surface area contributed by atoms with Crippen LogP contribution in [0.5, 0.6) is 0 Å². The van der Waals surface area contributed by atoms with Gasteiger partial charge in [-0.05, 0) is 37.6 Å². The van der Waals surface area contributed by atoms with Crippen molar-refractivity contribution in [2.75, 3.05) is 17.1 Å². The van der Waals surface area contributed by atoms with E-state index in [-0.39, 0.29) is 5.89 Å². The Bertz CT molecular complexity index is 1100. The molecule has 10 heteroatoms. The number of benzene rings is 1. The highest BCUT2D eigenvalue weighted by Crippen LogP contribution is 2.23. The van der Waals surface area contributed by atoms with Gasteiger partial charge in [0, 0.05) is 18.0 Å². The molecule has 2 aromatic heterocycles. The molecule has 29 heavy (non-hydrogen) atoms. The maximum Gasteiger partial charge on any atom is 0.327 e. The quantitative estimate of drug-likeness (QED) is 0.540. The number of para-hydroxylation sites is 1. The Morgan fingerprint density at radius 3 is 2.66 bits per heavy atom. The third-order valence-corrected chi connectivity index (χ3v) is 5.20. The number of rotatable bonds is 7. The maximum atomic E-state index is 12.4. The van der Waals surface area contributed by atoms with E-state index in [0.717, 1.165) is 16.1 Å². The molecule has 0 aliphatic rings. The highest BCUT2D eigenvalue weighted by molar-refractivity contribution is 7.92. The molecule has 1 aromatic carbocycles. The minimum atomic E-state index is -3.69. The fourth-order valence-electron chi connectivity index (χ4n) is 2.64. The number of ether oxygens (including phenoxy) is 1. The molecule has 0 radical (unpaired) electrons. The zero-order valence-corrected chi connectivity index (χ0v) is 17.0. The van der Waals surface area contributed by atoms with Gasteiger partial charge in [0.25, 0.3) is 5.89 Å². The Morgan fingerprint density at radius 1 is 1.24 bits per heavy atom. The van der Waals surface area contributed by atoms with E-state index in [9.17, 15) is 13.2 Å². The molecule has 0 bridgehead atoms. The molecule has 9 nitrogen and oxygen atoms in total. The highest BCUT2D eigenvalue weighted by atomic mass is 32.2. The lowest BCUT2D eigenvalue weighted by molar-refractivity contribution is -0.147. The minimum absolute atomic E-state index is 0.0963. The molecule has 0 saturated heterocycles. The summed E-state index contributed by atoms with van der Waals surface area (Å²) in [4.78, 5) is 20.6. The second-order valence-corrected chi connectivity index (χ2v) is 8.29. The summed E-state index contributed by atoms with van der Waals surface area (Å²) in [6, 6.07) is 10.4. The lowest BCUT2D eigenvalue weighted by Gasteiger charge is -2.23. The molecule has 0 fully saturated rings. The van der Waals surface area contributed by atoms with Crippen LogP contribution in [-0.4, -0.2) is 42.3 Å². The fourth-order valence-corrected chi connectivity index (χ4v) is 3.54. The van der Waals surface area contributed by atoms with Crippen LogP contribution in [0.3, 0.4) is 0 Å². The van der Waals surface area contributed by atoms with E-state index in [1.54, 1.807) is 62.6 Å². The van der Waals surface area contributed by atoms with Gasteiger partial charge in [-0.1, -0.05) is 23.4 Å². The molecule has 2 heterocycles. The predicted molar refractivity (Wildman–Crippen MR) is 105 cm³/mol. The molecular formula is C19H20N4O5S. The molecule has 0 aliphatic heterocycles. The fraction of sp³-hybridized carbons (Fsp3) is 0.263. The van der Waals surface area contributed by atoms with Gasteiger partial charge in [0.2, 0.25) is 15.8 Å². The van der Waals surface area contributed by atoms with Gasteiger partial charge < -0.3 is 9.26 Å². The second kappa shape index (κ2) is 8.39. The number of hydrogen-bond donors (Lipinski definition) is 0.